The summed E-state index contributed by atoms with van der Waals surface area (Å²) >= 11 is 0. The van der Waals surface area contributed by atoms with E-state index in [9.17, 15) is 30.8 Å². The molecule has 0 saturated carbocycles. The summed E-state index contributed by atoms with van der Waals surface area (Å²) in [5, 5.41) is -5.67. The first-order valence-corrected chi connectivity index (χ1v) is 6.88. The standard InChI is InChI=1S/C11H10F4O5S.Na.H/c12-10(13,11(14,15)21(17,18)19)6-7-20-9(16)8-4-2-1-3-5-8;;/h1-5H,6-7H2,(H,17,18,19);;/q;+1;-1. The van der Waals surface area contributed by atoms with E-state index in [-0.39, 0.29) is 36.5 Å². The number of hydrogen-bond donors (Lipinski definition) is 1. The van der Waals surface area contributed by atoms with Crippen LogP contribution in [0.1, 0.15) is 18.2 Å². The molecule has 0 bridgehead atoms. The van der Waals surface area contributed by atoms with Gasteiger partial charge in [0, 0.05) is 0 Å². The van der Waals surface area contributed by atoms with E-state index in [1.165, 1.54) is 24.3 Å². The maximum absolute atomic E-state index is 13.1. The fraction of sp³-hybridized carbons (Fsp3) is 0.364. The first-order valence-electron chi connectivity index (χ1n) is 5.44. The van der Waals surface area contributed by atoms with Crippen molar-refractivity contribution in [2.45, 2.75) is 17.6 Å². The molecule has 1 N–H and O–H groups in total. The molecule has 0 aliphatic heterocycles. The summed E-state index contributed by atoms with van der Waals surface area (Å²) < 4.78 is 84.7. The van der Waals surface area contributed by atoms with Crippen molar-refractivity contribution >= 4 is 16.1 Å². The number of esters is 1. The Morgan fingerprint density at radius 2 is 1.68 bits per heavy atom. The van der Waals surface area contributed by atoms with E-state index in [4.69, 9.17) is 4.55 Å². The quantitative estimate of drug-likeness (QED) is 0.321. The van der Waals surface area contributed by atoms with E-state index >= 15 is 0 Å². The average molecular weight is 354 g/mol. The van der Waals surface area contributed by atoms with Gasteiger partial charge in [0.25, 0.3) is 0 Å². The van der Waals surface area contributed by atoms with Crippen molar-refractivity contribution in [1.29, 1.82) is 0 Å². The summed E-state index contributed by atoms with van der Waals surface area (Å²) in [7, 11) is -6.29. The first kappa shape index (κ1) is 21.3. The van der Waals surface area contributed by atoms with Crippen molar-refractivity contribution < 1.29 is 71.0 Å². The molecule has 0 unspecified atom stereocenters. The van der Waals surface area contributed by atoms with E-state index in [1.807, 2.05) is 0 Å². The molecule has 0 aromatic heterocycles. The van der Waals surface area contributed by atoms with Crippen LogP contribution in [0.4, 0.5) is 17.6 Å². The first-order chi connectivity index (χ1) is 9.49. The Kier molecular flexibility index (Phi) is 7.49. The van der Waals surface area contributed by atoms with Crippen LogP contribution in [0.15, 0.2) is 30.3 Å². The van der Waals surface area contributed by atoms with E-state index in [1.54, 1.807) is 6.07 Å². The van der Waals surface area contributed by atoms with Gasteiger partial charge in [0.1, 0.15) is 0 Å². The minimum Gasteiger partial charge on any atom is -1.00 e. The molecule has 1 aromatic carbocycles. The number of carbonyl (C=O) groups is 1. The minimum absolute atomic E-state index is 0. The van der Waals surface area contributed by atoms with Gasteiger partial charge in [-0.25, -0.2) is 4.79 Å². The Bertz CT molecular complexity index is 612. The molecule has 5 nitrogen and oxygen atoms in total. The number of ether oxygens (including phenoxy) is 1. The Morgan fingerprint density at radius 3 is 2.14 bits per heavy atom. The number of benzene rings is 1. The molecule has 0 spiro atoms. The van der Waals surface area contributed by atoms with E-state index in [2.05, 4.69) is 4.74 Å². The van der Waals surface area contributed by atoms with Crippen LogP contribution < -0.4 is 29.6 Å². The molecule has 1 rings (SSSR count). The van der Waals surface area contributed by atoms with Gasteiger partial charge in [0.05, 0.1) is 18.6 Å². The molecule has 22 heavy (non-hydrogen) atoms. The zero-order valence-corrected chi connectivity index (χ0v) is 14.1. The van der Waals surface area contributed by atoms with Gasteiger partial charge in [-0.3, -0.25) is 4.55 Å². The van der Waals surface area contributed by atoms with Crippen LogP contribution in [-0.4, -0.2) is 36.7 Å². The molecule has 0 amide bonds. The van der Waals surface area contributed by atoms with Crippen LogP contribution in [0.2, 0.25) is 0 Å². The molecule has 11 heteroatoms. The van der Waals surface area contributed by atoms with Gasteiger partial charge in [0.2, 0.25) is 0 Å². The van der Waals surface area contributed by atoms with Crippen molar-refractivity contribution in [2.75, 3.05) is 6.61 Å². The van der Waals surface area contributed by atoms with Gasteiger partial charge in [-0.2, -0.15) is 26.0 Å². The van der Waals surface area contributed by atoms with Crippen LogP contribution in [0.5, 0.6) is 0 Å². The van der Waals surface area contributed by atoms with Crippen LogP contribution in [-0.2, 0) is 14.9 Å². The van der Waals surface area contributed by atoms with E-state index in [0.29, 0.717) is 0 Å². The maximum Gasteiger partial charge on any atom is 1.00 e. The monoisotopic (exact) mass is 354 g/mol. The van der Waals surface area contributed by atoms with Gasteiger partial charge in [-0.15, -0.1) is 0 Å². The van der Waals surface area contributed by atoms with Crippen LogP contribution in [0, 0.1) is 0 Å². The number of hydrogen-bond acceptors (Lipinski definition) is 4. The number of alkyl halides is 4. The van der Waals surface area contributed by atoms with Crippen LogP contribution in [0.3, 0.4) is 0 Å². The normalized spacial score (nSPS) is 12.4. The van der Waals surface area contributed by atoms with Crippen molar-refractivity contribution in [3.05, 3.63) is 35.9 Å². The predicted molar refractivity (Wildman–Crippen MR) is 63.9 cm³/mol. The number of carbonyl (C=O) groups excluding carboxylic acids is 1. The Morgan fingerprint density at radius 1 is 1.18 bits per heavy atom. The maximum atomic E-state index is 13.1. The summed E-state index contributed by atoms with van der Waals surface area (Å²) in [5.74, 6) is -6.11. The third-order valence-electron chi connectivity index (χ3n) is 2.41. The largest absolute Gasteiger partial charge is 1.00 e. The molecule has 0 fully saturated rings. The zero-order valence-electron chi connectivity index (χ0n) is 12.3. The van der Waals surface area contributed by atoms with Crippen molar-refractivity contribution in [2.24, 2.45) is 0 Å². The second-order valence-corrected chi connectivity index (χ2v) is 5.41. The van der Waals surface area contributed by atoms with Crippen molar-refractivity contribution in [3.8, 4) is 0 Å². The second kappa shape index (κ2) is 7.73. The second-order valence-electron chi connectivity index (χ2n) is 3.95. The Balaban J connectivity index is 0. The molecule has 0 aliphatic rings. The SMILES string of the molecule is O=C(OCCC(F)(F)C(F)(F)S(=O)(=O)O)c1ccccc1.[H-].[Na+]. The van der Waals surface area contributed by atoms with Gasteiger partial charge < -0.3 is 6.16 Å². The molecule has 0 radical (unpaired) electrons. The Labute approximate surface area is 147 Å². The van der Waals surface area contributed by atoms with E-state index in [0.717, 1.165) is 0 Å². The summed E-state index contributed by atoms with van der Waals surface area (Å²) in [5.41, 5.74) is 0.0161. The topological polar surface area (TPSA) is 80.7 Å². The van der Waals surface area contributed by atoms with Crippen molar-refractivity contribution in [1.82, 2.24) is 0 Å². The number of halogens is 4. The molecular weight excluding hydrogens is 343 g/mol. The molecule has 0 heterocycles. The van der Waals surface area contributed by atoms with Crippen LogP contribution >= 0.6 is 0 Å². The molecule has 0 saturated heterocycles. The summed E-state index contributed by atoms with van der Waals surface area (Å²) in [6.07, 6.45) is -1.77. The molecule has 120 valence electrons. The van der Waals surface area contributed by atoms with Gasteiger partial charge in [-0.05, 0) is 12.1 Å². The third-order valence-corrected chi connectivity index (χ3v) is 3.36. The fourth-order valence-electron chi connectivity index (χ4n) is 1.26. The number of rotatable bonds is 6. The summed E-state index contributed by atoms with van der Waals surface area (Å²) in [4.78, 5) is 11.4. The predicted octanol–water partition coefficient (Wildman–Crippen LogP) is -0.534. The minimum atomic E-state index is -6.29. The van der Waals surface area contributed by atoms with Gasteiger partial charge >= 0.3 is 56.8 Å². The fourth-order valence-corrected chi connectivity index (χ4v) is 1.74. The third kappa shape index (κ3) is 4.92. The average Bonchev–Trinajstić information content (AvgIpc) is 2.38. The van der Waals surface area contributed by atoms with Crippen LogP contribution in [0.25, 0.3) is 0 Å². The summed E-state index contributed by atoms with van der Waals surface area (Å²) in [6.45, 7) is -1.15. The van der Waals surface area contributed by atoms with E-state index < -0.39 is 40.3 Å². The summed E-state index contributed by atoms with van der Waals surface area (Å²) in [6, 6.07) is 7.15. The van der Waals surface area contributed by atoms with Crippen molar-refractivity contribution in [3.63, 3.8) is 0 Å². The molecule has 0 aliphatic carbocycles. The molecule has 1 aromatic rings. The van der Waals surface area contributed by atoms with Gasteiger partial charge in [-0.1, -0.05) is 18.2 Å². The Hall–Kier alpha value is -0.680. The van der Waals surface area contributed by atoms with Gasteiger partial charge in [0.15, 0.2) is 0 Å². The molecule has 0 atom stereocenters. The smallest absolute Gasteiger partial charge is 1.00 e. The molecular formula is C11H11F4NaO5S. The zero-order chi connectivity index (χ0) is 16.3.